The summed E-state index contributed by atoms with van der Waals surface area (Å²) in [5.41, 5.74) is 1.63. The average Bonchev–Trinajstić information content (AvgIpc) is 2.91. The third-order valence-corrected chi connectivity index (χ3v) is 6.09. The Morgan fingerprint density at radius 3 is 1.42 bits per heavy atom. The predicted molar refractivity (Wildman–Crippen MR) is 139 cm³/mol. The fraction of sp³-hybridized carbons (Fsp3) is 0.357. The van der Waals surface area contributed by atoms with Gasteiger partial charge in [-0.2, -0.15) is 0 Å². The molecule has 8 heteroatoms. The molecule has 2 aromatic rings. The van der Waals surface area contributed by atoms with E-state index < -0.39 is 0 Å². The van der Waals surface area contributed by atoms with Crippen LogP contribution in [-0.2, 0) is 9.59 Å². The minimum absolute atomic E-state index is 0.139. The second-order valence-electron chi connectivity index (χ2n) is 8.41. The van der Waals surface area contributed by atoms with Crippen molar-refractivity contribution in [3.63, 3.8) is 0 Å². The first-order valence-corrected chi connectivity index (χ1v) is 11.9. The van der Waals surface area contributed by atoms with Gasteiger partial charge < -0.3 is 29.6 Å². The highest BCUT2D eigenvalue weighted by Crippen LogP contribution is 2.29. The maximum Gasteiger partial charge on any atom is 0.244 e. The van der Waals surface area contributed by atoms with Gasteiger partial charge in [-0.15, -0.1) is 0 Å². The van der Waals surface area contributed by atoms with Gasteiger partial charge in [0.1, 0.15) is 0 Å². The van der Waals surface area contributed by atoms with Gasteiger partial charge in [0.05, 0.1) is 28.4 Å². The van der Waals surface area contributed by atoms with Crippen molar-refractivity contribution in [3.8, 4) is 23.0 Å². The summed E-state index contributed by atoms with van der Waals surface area (Å²) in [6, 6.07) is 10.6. The number of hydrogen-bond donors (Lipinski definition) is 2. The molecule has 2 atom stereocenters. The van der Waals surface area contributed by atoms with Crippen molar-refractivity contribution in [2.45, 2.75) is 37.8 Å². The maximum absolute atomic E-state index is 12.6. The first-order chi connectivity index (χ1) is 17.5. The number of carbonyl (C=O) groups excluding carboxylic acids is 2. The monoisotopic (exact) mass is 494 g/mol. The number of carbonyl (C=O) groups is 2. The zero-order valence-electron chi connectivity index (χ0n) is 21.2. The predicted octanol–water partition coefficient (Wildman–Crippen LogP) is 3.99. The van der Waals surface area contributed by atoms with Gasteiger partial charge in [-0.1, -0.05) is 25.0 Å². The van der Waals surface area contributed by atoms with E-state index in [-0.39, 0.29) is 23.9 Å². The van der Waals surface area contributed by atoms with Crippen LogP contribution >= 0.6 is 0 Å². The Balaban J connectivity index is 1.59. The van der Waals surface area contributed by atoms with Crippen LogP contribution in [0.25, 0.3) is 12.2 Å². The van der Waals surface area contributed by atoms with E-state index in [9.17, 15) is 9.59 Å². The lowest BCUT2D eigenvalue weighted by atomic mass is 9.90. The Morgan fingerprint density at radius 1 is 0.667 bits per heavy atom. The lowest BCUT2D eigenvalue weighted by Crippen LogP contribution is -2.52. The molecule has 0 aromatic heterocycles. The van der Waals surface area contributed by atoms with Crippen LogP contribution in [0.15, 0.2) is 48.6 Å². The van der Waals surface area contributed by atoms with Crippen molar-refractivity contribution >= 4 is 24.0 Å². The van der Waals surface area contributed by atoms with E-state index >= 15 is 0 Å². The van der Waals surface area contributed by atoms with Crippen molar-refractivity contribution in [3.05, 3.63) is 59.7 Å². The first-order valence-electron chi connectivity index (χ1n) is 11.9. The highest BCUT2D eigenvalue weighted by Gasteiger charge is 2.26. The number of hydrogen-bond acceptors (Lipinski definition) is 6. The molecule has 2 N–H and O–H groups in total. The van der Waals surface area contributed by atoms with Gasteiger partial charge in [0, 0.05) is 24.2 Å². The van der Waals surface area contributed by atoms with Crippen LogP contribution in [0.4, 0.5) is 0 Å². The number of ether oxygens (including phenoxy) is 4. The third-order valence-electron chi connectivity index (χ3n) is 6.09. The molecule has 8 nitrogen and oxygen atoms in total. The van der Waals surface area contributed by atoms with Gasteiger partial charge in [0.25, 0.3) is 0 Å². The summed E-state index contributed by atoms with van der Waals surface area (Å²) in [5, 5.41) is 6.09. The molecule has 0 unspecified atom stereocenters. The Bertz CT molecular complexity index is 1020. The minimum Gasteiger partial charge on any atom is -0.493 e. The van der Waals surface area contributed by atoms with Gasteiger partial charge in [-0.25, -0.2) is 0 Å². The van der Waals surface area contributed by atoms with Crippen molar-refractivity contribution in [2.24, 2.45) is 0 Å². The molecule has 1 saturated carbocycles. The molecule has 192 valence electrons. The van der Waals surface area contributed by atoms with Crippen LogP contribution in [-0.4, -0.2) is 52.3 Å². The molecule has 0 heterocycles. The lowest BCUT2D eigenvalue weighted by Gasteiger charge is -2.32. The largest absolute Gasteiger partial charge is 0.493 e. The first kappa shape index (κ1) is 26.7. The van der Waals surface area contributed by atoms with Crippen molar-refractivity contribution in [1.82, 2.24) is 10.6 Å². The maximum atomic E-state index is 12.6. The second-order valence-corrected chi connectivity index (χ2v) is 8.41. The Labute approximate surface area is 212 Å². The number of amides is 2. The molecule has 1 fully saturated rings. The quantitative estimate of drug-likeness (QED) is 0.485. The fourth-order valence-electron chi connectivity index (χ4n) is 4.19. The molecule has 0 bridgehead atoms. The number of methoxy groups -OCH3 is 4. The van der Waals surface area contributed by atoms with Crippen LogP contribution in [0.3, 0.4) is 0 Å². The molecule has 3 rings (SSSR count). The van der Waals surface area contributed by atoms with Gasteiger partial charge >= 0.3 is 0 Å². The molecular weight excluding hydrogens is 460 g/mol. The van der Waals surface area contributed by atoms with E-state index in [1.54, 1.807) is 64.9 Å². The Hall–Kier alpha value is -3.94. The molecule has 0 radical (unpaired) electrons. The molecule has 2 aromatic carbocycles. The molecule has 1 aliphatic rings. The molecule has 1 aliphatic carbocycles. The summed E-state index contributed by atoms with van der Waals surface area (Å²) >= 11 is 0. The summed E-state index contributed by atoms with van der Waals surface area (Å²) in [6.45, 7) is 0. The SMILES string of the molecule is COc1ccc(/C=C/C(=O)N[C@H]2CCCC[C@@H]2NC(=O)/C=C/c2ccc(OC)c(OC)c2)cc1OC. The van der Waals surface area contributed by atoms with Crippen LogP contribution in [0.1, 0.15) is 36.8 Å². The lowest BCUT2D eigenvalue weighted by molar-refractivity contribution is -0.120. The van der Waals surface area contributed by atoms with E-state index in [0.717, 1.165) is 36.8 Å². The van der Waals surface area contributed by atoms with Crippen LogP contribution in [0.2, 0.25) is 0 Å². The van der Waals surface area contributed by atoms with Crippen LogP contribution < -0.4 is 29.6 Å². The van der Waals surface area contributed by atoms with Crippen molar-refractivity contribution in [1.29, 1.82) is 0 Å². The van der Waals surface area contributed by atoms with Gasteiger partial charge in [0.15, 0.2) is 23.0 Å². The zero-order chi connectivity index (χ0) is 25.9. The summed E-state index contributed by atoms with van der Waals surface area (Å²) in [4.78, 5) is 25.2. The minimum atomic E-state index is -0.211. The molecule has 0 aliphatic heterocycles. The van der Waals surface area contributed by atoms with Crippen molar-refractivity contribution < 1.29 is 28.5 Å². The van der Waals surface area contributed by atoms with Crippen molar-refractivity contribution in [2.75, 3.05) is 28.4 Å². The third kappa shape index (κ3) is 7.28. The van der Waals surface area contributed by atoms with Gasteiger partial charge in [-0.3, -0.25) is 9.59 Å². The van der Waals surface area contributed by atoms with Crippen LogP contribution in [0, 0.1) is 0 Å². The summed E-state index contributed by atoms with van der Waals surface area (Å²) in [6.07, 6.45) is 10.0. The highest BCUT2D eigenvalue weighted by atomic mass is 16.5. The van der Waals surface area contributed by atoms with E-state index in [4.69, 9.17) is 18.9 Å². The number of nitrogens with one attached hydrogen (secondary N) is 2. The summed E-state index contributed by atoms with van der Waals surface area (Å²) in [5.74, 6) is 2.02. The topological polar surface area (TPSA) is 95.1 Å². The summed E-state index contributed by atoms with van der Waals surface area (Å²) < 4.78 is 21.1. The average molecular weight is 495 g/mol. The molecule has 0 spiro atoms. The molecule has 0 saturated heterocycles. The van der Waals surface area contributed by atoms with Gasteiger partial charge in [-0.05, 0) is 60.4 Å². The molecule has 36 heavy (non-hydrogen) atoms. The standard InChI is InChI=1S/C28H34N2O6/c1-33-23-13-9-19(17-25(23)35-3)11-15-27(31)29-21-7-5-6-8-22(21)30-28(32)16-12-20-10-14-24(34-2)26(18-20)36-4/h9-18,21-22H,5-8H2,1-4H3,(H,29,31)(H,30,32)/b15-11+,16-12+/t21-,22-/m0/s1. The fourth-order valence-corrected chi connectivity index (χ4v) is 4.19. The zero-order valence-corrected chi connectivity index (χ0v) is 21.2. The Morgan fingerprint density at radius 2 is 1.06 bits per heavy atom. The van der Waals surface area contributed by atoms with E-state index in [2.05, 4.69) is 10.6 Å². The summed E-state index contributed by atoms with van der Waals surface area (Å²) in [7, 11) is 6.29. The van der Waals surface area contributed by atoms with Crippen LogP contribution in [0.5, 0.6) is 23.0 Å². The second kappa shape index (κ2) is 13.2. The molecule has 2 amide bonds. The van der Waals surface area contributed by atoms with E-state index in [0.29, 0.717) is 23.0 Å². The number of benzene rings is 2. The highest BCUT2D eigenvalue weighted by molar-refractivity contribution is 5.93. The normalized spacial score (nSPS) is 17.6. The smallest absolute Gasteiger partial charge is 0.244 e. The van der Waals surface area contributed by atoms with E-state index in [1.165, 1.54) is 12.2 Å². The number of rotatable bonds is 10. The Kier molecular flexibility index (Phi) is 9.80. The molecular formula is C28H34N2O6. The van der Waals surface area contributed by atoms with Gasteiger partial charge in [0.2, 0.25) is 11.8 Å². The van der Waals surface area contributed by atoms with E-state index in [1.807, 2.05) is 12.1 Å².